The molecule has 0 atom stereocenters. The third kappa shape index (κ3) is 2.50. The van der Waals surface area contributed by atoms with Crippen molar-refractivity contribution in [1.82, 2.24) is 4.90 Å². The fraction of sp³-hybridized carbons (Fsp3) is 0.900. The van der Waals surface area contributed by atoms with Crippen molar-refractivity contribution < 1.29 is 4.79 Å². The van der Waals surface area contributed by atoms with Crippen molar-refractivity contribution in [3.63, 3.8) is 0 Å². The summed E-state index contributed by atoms with van der Waals surface area (Å²) in [6, 6.07) is 0. The van der Waals surface area contributed by atoms with Gasteiger partial charge in [0.05, 0.1) is 0 Å². The van der Waals surface area contributed by atoms with E-state index < -0.39 is 0 Å². The summed E-state index contributed by atoms with van der Waals surface area (Å²) in [5.74, 6) is 1.28. The lowest BCUT2D eigenvalue weighted by molar-refractivity contribution is -0.134. The number of rotatable bonds is 4. The van der Waals surface area contributed by atoms with Crippen LogP contribution < -0.4 is 0 Å². The summed E-state index contributed by atoms with van der Waals surface area (Å²) in [7, 11) is 0. The fourth-order valence-electron chi connectivity index (χ4n) is 1.35. The molecule has 0 heterocycles. The van der Waals surface area contributed by atoms with Crippen LogP contribution >= 0.6 is 0 Å². The van der Waals surface area contributed by atoms with Gasteiger partial charge in [0.25, 0.3) is 0 Å². The largest absolute Gasteiger partial charge is 0.342 e. The van der Waals surface area contributed by atoms with E-state index in [-0.39, 0.29) is 5.92 Å². The van der Waals surface area contributed by atoms with Crippen LogP contribution in [0.25, 0.3) is 0 Å². The molecule has 2 heteroatoms. The lowest BCUT2D eigenvalue weighted by Crippen LogP contribution is -2.35. The van der Waals surface area contributed by atoms with Gasteiger partial charge in [0.1, 0.15) is 0 Å². The predicted octanol–water partition coefficient (Wildman–Crippen LogP) is 1.90. The van der Waals surface area contributed by atoms with E-state index in [9.17, 15) is 4.79 Å². The number of nitrogens with zero attached hydrogens (tertiary/aromatic N) is 1. The Morgan fingerprint density at radius 2 is 2.08 bits per heavy atom. The molecule has 1 amide bonds. The number of hydrogen-bond donors (Lipinski definition) is 0. The molecular weight excluding hydrogens is 150 g/mol. The van der Waals surface area contributed by atoms with Crippen molar-refractivity contribution in [2.24, 2.45) is 11.8 Å². The van der Waals surface area contributed by atoms with Gasteiger partial charge < -0.3 is 4.90 Å². The molecule has 70 valence electrons. The average molecular weight is 169 g/mol. The molecule has 0 spiro atoms. The second-order valence-corrected chi connectivity index (χ2v) is 3.97. The second-order valence-electron chi connectivity index (χ2n) is 3.97. The van der Waals surface area contributed by atoms with Crippen LogP contribution in [0.2, 0.25) is 0 Å². The van der Waals surface area contributed by atoms with Gasteiger partial charge in [-0.15, -0.1) is 0 Å². The Morgan fingerprint density at radius 3 is 2.42 bits per heavy atom. The molecule has 0 N–H and O–H groups in total. The third-order valence-electron chi connectivity index (χ3n) is 2.36. The second kappa shape index (κ2) is 3.92. The zero-order valence-corrected chi connectivity index (χ0v) is 8.34. The monoisotopic (exact) mass is 169 g/mol. The molecule has 0 aliphatic heterocycles. The Labute approximate surface area is 74.9 Å². The highest BCUT2D eigenvalue weighted by Crippen LogP contribution is 2.29. The minimum Gasteiger partial charge on any atom is -0.342 e. The number of carbonyl (C=O) groups is 1. The van der Waals surface area contributed by atoms with E-state index in [0.717, 1.165) is 19.0 Å². The molecule has 1 saturated carbocycles. The Bertz CT molecular complexity index is 161. The smallest absolute Gasteiger partial charge is 0.225 e. The minimum absolute atomic E-state index is 0.156. The van der Waals surface area contributed by atoms with Gasteiger partial charge in [-0.3, -0.25) is 4.79 Å². The molecule has 0 bridgehead atoms. The van der Waals surface area contributed by atoms with Crippen LogP contribution in [0.15, 0.2) is 0 Å². The SMILES string of the molecule is CCN(CC1CC1)C(=O)C(C)C. The highest BCUT2D eigenvalue weighted by atomic mass is 16.2. The van der Waals surface area contributed by atoms with Crippen molar-refractivity contribution in [2.75, 3.05) is 13.1 Å². The summed E-state index contributed by atoms with van der Waals surface area (Å²) in [4.78, 5) is 13.6. The molecule has 0 aromatic rings. The standard InChI is InChI=1S/C10H19NO/c1-4-11(7-9-5-6-9)10(12)8(2)3/h8-9H,4-7H2,1-3H3. The van der Waals surface area contributed by atoms with E-state index >= 15 is 0 Å². The molecule has 2 nitrogen and oxygen atoms in total. The molecule has 12 heavy (non-hydrogen) atoms. The summed E-state index contributed by atoms with van der Waals surface area (Å²) in [6.07, 6.45) is 2.64. The van der Waals surface area contributed by atoms with Crippen LogP contribution in [0.5, 0.6) is 0 Å². The first-order chi connectivity index (χ1) is 5.65. The van der Waals surface area contributed by atoms with Crippen LogP contribution in [0, 0.1) is 11.8 Å². The molecule has 0 unspecified atom stereocenters. The molecule has 1 aliphatic carbocycles. The maximum Gasteiger partial charge on any atom is 0.225 e. The van der Waals surface area contributed by atoms with Crippen LogP contribution in [0.1, 0.15) is 33.6 Å². The van der Waals surface area contributed by atoms with Gasteiger partial charge in [-0.25, -0.2) is 0 Å². The summed E-state index contributed by atoms with van der Waals surface area (Å²) >= 11 is 0. The Morgan fingerprint density at radius 1 is 1.50 bits per heavy atom. The maximum absolute atomic E-state index is 11.6. The fourth-order valence-corrected chi connectivity index (χ4v) is 1.35. The summed E-state index contributed by atoms with van der Waals surface area (Å²) in [5, 5.41) is 0. The van der Waals surface area contributed by atoms with Gasteiger partial charge in [0, 0.05) is 19.0 Å². The lowest BCUT2D eigenvalue weighted by atomic mass is 10.2. The zero-order chi connectivity index (χ0) is 9.14. The van der Waals surface area contributed by atoms with E-state index in [1.165, 1.54) is 12.8 Å². The average Bonchev–Trinajstić information content (AvgIpc) is 2.82. The molecule has 1 fully saturated rings. The first-order valence-corrected chi connectivity index (χ1v) is 4.94. The quantitative estimate of drug-likeness (QED) is 0.629. The molecule has 1 aliphatic rings. The van der Waals surface area contributed by atoms with Gasteiger partial charge in [-0.2, -0.15) is 0 Å². The van der Waals surface area contributed by atoms with Gasteiger partial charge in [0.15, 0.2) is 0 Å². The van der Waals surface area contributed by atoms with E-state index in [1.807, 2.05) is 18.7 Å². The first kappa shape index (κ1) is 9.56. The summed E-state index contributed by atoms with van der Waals surface area (Å²) in [6.45, 7) is 7.86. The Balaban J connectivity index is 2.36. The molecular formula is C10H19NO. The Hall–Kier alpha value is -0.530. The van der Waals surface area contributed by atoms with E-state index in [1.54, 1.807) is 0 Å². The Kier molecular flexibility index (Phi) is 3.12. The van der Waals surface area contributed by atoms with Crippen LogP contribution in [0.4, 0.5) is 0 Å². The highest BCUT2D eigenvalue weighted by Gasteiger charge is 2.26. The predicted molar refractivity (Wildman–Crippen MR) is 49.8 cm³/mol. The van der Waals surface area contributed by atoms with Gasteiger partial charge in [0.2, 0.25) is 5.91 Å². The lowest BCUT2D eigenvalue weighted by Gasteiger charge is -2.22. The minimum atomic E-state index is 0.156. The number of hydrogen-bond acceptors (Lipinski definition) is 1. The summed E-state index contributed by atoms with van der Waals surface area (Å²) in [5.41, 5.74) is 0. The van der Waals surface area contributed by atoms with Crippen molar-refractivity contribution in [3.8, 4) is 0 Å². The van der Waals surface area contributed by atoms with Crippen molar-refractivity contribution >= 4 is 5.91 Å². The van der Waals surface area contributed by atoms with Crippen LogP contribution in [-0.2, 0) is 4.79 Å². The van der Waals surface area contributed by atoms with Gasteiger partial charge in [-0.05, 0) is 25.7 Å². The number of amides is 1. The molecule has 1 rings (SSSR count). The van der Waals surface area contributed by atoms with Crippen molar-refractivity contribution in [3.05, 3.63) is 0 Å². The molecule has 0 saturated heterocycles. The topological polar surface area (TPSA) is 20.3 Å². The first-order valence-electron chi connectivity index (χ1n) is 4.94. The van der Waals surface area contributed by atoms with E-state index in [2.05, 4.69) is 6.92 Å². The van der Waals surface area contributed by atoms with E-state index in [4.69, 9.17) is 0 Å². The zero-order valence-electron chi connectivity index (χ0n) is 8.34. The normalized spacial score (nSPS) is 16.7. The maximum atomic E-state index is 11.6. The van der Waals surface area contributed by atoms with Gasteiger partial charge in [-0.1, -0.05) is 13.8 Å². The third-order valence-corrected chi connectivity index (χ3v) is 2.36. The number of carbonyl (C=O) groups excluding carboxylic acids is 1. The summed E-state index contributed by atoms with van der Waals surface area (Å²) < 4.78 is 0. The van der Waals surface area contributed by atoms with Crippen molar-refractivity contribution in [1.29, 1.82) is 0 Å². The van der Waals surface area contributed by atoms with E-state index in [0.29, 0.717) is 5.91 Å². The van der Waals surface area contributed by atoms with Crippen molar-refractivity contribution in [2.45, 2.75) is 33.6 Å². The molecule has 0 radical (unpaired) electrons. The molecule has 0 aromatic heterocycles. The highest BCUT2D eigenvalue weighted by molar-refractivity contribution is 5.78. The van der Waals surface area contributed by atoms with Gasteiger partial charge >= 0.3 is 0 Å². The molecule has 0 aromatic carbocycles. The van der Waals surface area contributed by atoms with Crippen LogP contribution in [-0.4, -0.2) is 23.9 Å². The van der Waals surface area contributed by atoms with Crippen LogP contribution in [0.3, 0.4) is 0 Å².